The van der Waals surface area contributed by atoms with Gasteiger partial charge in [0.1, 0.15) is 11.5 Å². The van der Waals surface area contributed by atoms with Gasteiger partial charge in [0.25, 0.3) is 0 Å². The summed E-state index contributed by atoms with van der Waals surface area (Å²) in [5.41, 5.74) is 1.00. The number of nitrogens with zero attached hydrogens (tertiary/aromatic N) is 1. The molecule has 1 saturated heterocycles. The topological polar surface area (TPSA) is 41.6 Å². The van der Waals surface area contributed by atoms with E-state index in [2.05, 4.69) is 52.0 Å². The van der Waals surface area contributed by atoms with Gasteiger partial charge in [-0.25, -0.2) is 0 Å². The Hall–Kier alpha value is -2.04. The van der Waals surface area contributed by atoms with E-state index < -0.39 is 11.1 Å². The van der Waals surface area contributed by atoms with Gasteiger partial charge in [0.2, 0.25) is 0 Å². The zero-order chi connectivity index (χ0) is 27.3. The number of benzene rings is 2. The van der Waals surface area contributed by atoms with Gasteiger partial charge in [-0.1, -0.05) is 102 Å². The third kappa shape index (κ3) is 8.23. The predicted molar refractivity (Wildman–Crippen MR) is 157 cm³/mol. The SMILES string of the molecule is CCCCCCCCOc1ccc([C@]2(C)CC[C@@](C)(c3ccc(OCCCCCCCC)cc3)N2[O])cc1. The van der Waals surface area contributed by atoms with E-state index in [-0.39, 0.29) is 0 Å². The summed E-state index contributed by atoms with van der Waals surface area (Å²) >= 11 is 0. The summed E-state index contributed by atoms with van der Waals surface area (Å²) in [6.45, 7) is 10.2. The minimum absolute atomic E-state index is 0.556. The molecule has 0 N–H and O–H groups in total. The lowest BCUT2D eigenvalue weighted by molar-refractivity contribution is -0.260. The molecule has 2 aromatic carbocycles. The molecule has 0 aromatic heterocycles. The smallest absolute Gasteiger partial charge is 0.119 e. The molecular weight excluding hydrogens is 470 g/mol. The van der Waals surface area contributed by atoms with Crippen LogP contribution in [0.1, 0.15) is 129 Å². The molecule has 1 aliphatic rings. The Labute approximate surface area is 232 Å². The first-order valence-electron chi connectivity index (χ1n) is 15.4. The molecule has 1 heterocycles. The molecule has 38 heavy (non-hydrogen) atoms. The summed E-state index contributed by atoms with van der Waals surface area (Å²) in [6, 6.07) is 16.4. The lowest BCUT2D eigenvalue weighted by atomic mass is 9.89. The van der Waals surface area contributed by atoms with Crippen LogP contribution in [0.4, 0.5) is 0 Å². The van der Waals surface area contributed by atoms with Crippen molar-refractivity contribution in [3.8, 4) is 11.5 Å². The van der Waals surface area contributed by atoms with Gasteiger partial charge < -0.3 is 9.47 Å². The molecule has 1 aliphatic heterocycles. The van der Waals surface area contributed by atoms with E-state index in [0.717, 1.165) is 61.5 Å². The van der Waals surface area contributed by atoms with Crippen LogP contribution in [0.15, 0.2) is 48.5 Å². The zero-order valence-electron chi connectivity index (χ0n) is 24.6. The fraction of sp³-hybridized carbons (Fsp3) is 0.647. The highest BCUT2D eigenvalue weighted by atomic mass is 16.5. The highest BCUT2D eigenvalue weighted by Crippen LogP contribution is 2.51. The molecule has 4 nitrogen and oxygen atoms in total. The molecule has 0 amide bonds. The number of ether oxygens (including phenoxy) is 2. The fourth-order valence-corrected chi connectivity index (χ4v) is 5.72. The first-order valence-corrected chi connectivity index (χ1v) is 15.4. The second kappa shape index (κ2) is 15.5. The van der Waals surface area contributed by atoms with Crippen molar-refractivity contribution in [2.45, 2.75) is 129 Å². The molecule has 1 radical (unpaired) electrons. The Bertz CT molecular complexity index is 837. The van der Waals surface area contributed by atoms with Crippen molar-refractivity contribution in [2.24, 2.45) is 0 Å². The van der Waals surface area contributed by atoms with Crippen molar-refractivity contribution in [3.63, 3.8) is 0 Å². The maximum atomic E-state index is 13.8. The summed E-state index contributed by atoms with van der Waals surface area (Å²) in [5, 5.41) is 15.1. The van der Waals surface area contributed by atoms with Crippen molar-refractivity contribution < 1.29 is 14.7 Å². The largest absolute Gasteiger partial charge is 0.494 e. The van der Waals surface area contributed by atoms with Crippen LogP contribution in [0.2, 0.25) is 0 Å². The Morgan fingerprint density at radius 2 is 0.921 bits per heavy atom. The third-order valence-electron chi connectivity index (χ3n) is 8.48. The summed E-state index contributed by atoms with van der Waals surface area (Å²) in [5.74, 6) is 1.78. The van der Waals surface area contributed by atoms with Crippen LogP contribution in [0, 0.1) is 0 Å². The number of rotatable bonds is 18. The lowest BCUT2D eigenvalue weighted by Crippen LogP contribution is -2.44. The van der Waals surface area contributed by atoms with Gasteiger partial charge in [-0.05, 0) is 74.9 Å². The first kappa shape index (κ1) is 30.5. The van der Waals surface area contributed by atoms with E-state index in [0.29, 0.717) is 0 Å². The second-order valence-corrected chi connectivity index (χ2v) is 11.6. The molecule has 2 aromatic rings. The monoisotopic (exact) mass is 522 g/mol. The fourth-order valence-electron chi connectivity index (χ4n) is 5.72. The number of hydroxylamine groups is 2. The van der Waals surface area contributed by atoms with Crippen LogP contribution in [-0.2, 0) is 16.3 Å². The molecule has 211 valence electrons. The molecule has 3 rings (SSSR count). The highest BCUT2D eigenvalue weighted by Gasteiger charge is 2.52. The standard InChI is InChI=1S/C34H52NO3/c1-5-7-9-11-13-15-27-37-31-21-17-29(18-22-31)33(3)25-26-34(4,35(33)36)30-19-23-32(24-20-30)38-28-16-14-12-10-8-6-2/h17-24H,5-16,25-28H2,1-4H3/t33-,34-/m0/s1. The third-order valence-corrected chi connectivity index (χ3v) is 8.48. The molecular formula is C34H52NO3. The summed E-state index contributed by atoms with van der Waals surface area (Å²) in [4.78, 5) is 0. The molecule has 1 fully saturated rings. The number of hydrogen-bond donors (Lipinski definition) is 0. The molecule has 0 aliphatic carbocycles. The minimum atomic E-state index is -0.556. The van der Waals surface area contributed by atoms with Crippen molar-refractivity contribution in [1.82, 2.24) is 5.06 Å². The number of unbranched alkanes of at least 4 members (excludes halogenated alkanes) is 10. The Morgan fingerprint density at radius 1 is 0.579 bits per heavy atom. The Balaban J connectivity index is 1.50. The summed E-state index contributed by atoms with van der Waals surface area (Å²) < 4.78 is 11.9. The second-order valence-electron chi connectivity index (χ2n) is 11.6. The van der Waals surface area contributed by atoms with Gasteiger partial charge in [-0.15, -0.1) is 10.3 Å². The van der Waals surface area contributed by atoms with Crippen LogP contribution in [0.5, 0.6) is 11.5 Å². The van der Waals surface area contributed by atoms with E-state index in [1.807, 2.05) is 24.3 Å². The van der Waals surface area contributed by atoms with Crippen molar-refractivity contribution in [3.05, 3.63) is 59.7 Å². The van der Waals surface area contributed by atoms with E-state index >= 15 is 0 Å². The van der Waals surface area contributed by atoms with Gasteiger partial charge in [0.15, 0.2) is 0 Å². The van der Waals surface area contributed by atoms with E-state index in [1.165, 1.54) is 69.3 Å². The van der Waals surface area contributed by atoms with Crippen LogP contribution in [0.3, 0.4) is 0 Å². The summed E-state index contributed by atoms with van der Waals surface area (Å²) in [7, 11) is 0. The Kier molecular flexibility index (Phi) is 12.5. The van der Waals surface area contributed by atoms with Gasteiger partial charge in [0.05, 0.1) is 24.3 Å². The first-order chi connectivity index (χ1) is 18.4. The highest BCUT2D eigenvalue weighted by molar-refractivity contribution is 5.36. The van der Waals surface area contributed by atoms with E-state index in [9.17, 15) is 5.21 Å². The van der Waals surface area contributed by atoms with Crippen molar-refractivity contribution in [1.29, 1.82) is 0 Å². The molecule has 0 saturated carbocycles. The number of hydrogen-bond acceptors (Lipinski definition) is 3. The van der Waals surface area contributed by atoms with E-state index in [1.54, 1.807) is 0 Å². The van der Waals surface area contributed by atoms with Gasteiger partial charge in [-0.2, -0.15) is 0 Å². The Morgan fingerprint density at radius 3 is 1.29 bits per heavy atom. The van der Waals surface area contributed by atoms with Gasteiger partial charge in [-0.3, -0.25) is 0 Å². The average molecular weight is 523 g/mol. The summed E-state index contributed by atoms with van der Waals surface area (Å²) in [6.07, 6.45) is 16.7. The van der Waals surface area contributed by atoms with Crippen molar-refractivity contribution >= 4 is 0 Å². The predicted octanol–water partition coefficient (Wildman–Crippen LogP) is 9.74. The zero-order valence-corrected chi connectivity index (χ0v) is 24.6. The quantitative estimate of drug-likeness (QED) is 0.183. The minimum Gasteiger partial charge on any atom is -0.494 e. The lowest BCUT2D eigenvalue weighted by Gasteiger charge is -2.37. The molecule has 0 unspecified atom stereocenters. The van der Waals surface area contributed by atoms with E-state index in [4.69, 9.17) is 9.47 Å². The molecule has 0 bridgehead atoms. The maximum Gasteiger partial charge on any atom is 0.119 e. The normalized spacial score (nSPS) is 21.6. The van der Waals surface area contributed by atoms with Crippen LogP contribution >= 0.6 is 0 Å². The molecule has 4 heteroatoms. The van der Waals surface area contributed by atoms with Crippen LogP contribution in [-0.4, -0.2) is 18.3 Å². The van der Waals surface area contributed by atoms with Gasteiger partial charge >= 0.3 is 0 Å². The van der Waals surface area contributed by atoms with Crippen LogP contribution in [0.25, 0.3) is 0 Å². The molecule has 2 atom stereocenters. The molecule has 0 spiro atoms. The van der Waals surface area contributed by atoms with Gasteiger partial charge in [0, 0.05) is 0 Å². The van der Waals surface area contributed by atoms with Crippen LogP contribution < -0.4 is 9.47 Å². The van der Waals surface area contributed by atoms with Crippen molar-refractivity contribution in [2.75, 3.05) is 13.2 Å². The average Bonchev–Trinajstić information content (AvgIpc) is 3.18. The maximum absolute atomic E-state index is 13.8.